The van der Waals surface area contributed by atoms with Crippen LogP contribution >= 0.6 is 23.5 Å². The largest absolute Gasteiger partial charge is 0.398 e. The summed E-state index contributed by atoms with van der Waals surface area (Å²) >= 11 is 3.79. The van der Waals surface area contributed by atoms with Crippen LogP contribution in [0.5, 0.6) is 0 Å². The molecule has 0 saturated carbocycles. The maximum atomic E-state index is 13.1. The van der Waals surface area contributed by atoms with Gasteiger partial charge in [-0.25, -0.2) is 4.39 Å². The highest BCUT2D eigenvalue weighted by Crippen LogP contribution is 2.43. The molecular formula is C14H16FN3OS2. The summed E-state index contributed by atoms with van der Waals surface area (Å²) in [5, 5.41) is 5.47. The number of benzene rings is 1. The zero-order valence-electron chi connectivity index (χ0n) is 11.7. The number of hydrogen-bond donors (Lipinski definition) is 1. The first-order chi connectivity index (χ1) is 10.0. The lowest BCUT2D eigenvalue weighted by Crippen LogP contribution is -2.22. The number of hydrogen-bond acceptors (Lipinski definition) is 6. The first kappa shape index (κ1) is 14.7. The van der Waals surface area contributed by atoms with Crippen molar-refractivity contribution in [3.63, 3.8) is 0 Å². The van der Waals surface area contributed by atoms with Gasteiger partial charge >= 0.3 is 0 Å². The molecule has 1 aliphatic rings. The Kier molecular flexibility index (Phi) is 4.12. The summed E-state index contributed by atoms with van der Waals surface area (Å²) in [6.07, 6.45) is 0. The van der Waals surface area contributed by atoms with Gasteiger partial charge in [0.15, 0.2) is 5.82 Å². The molecule has 0 amide bonds. The highest BCUT2D eigenvalue weighted by molar-refractivity contribution is 8.07. The third-order valence-electron chi connectivity index (χ3n) is 3.52. The minimum atomic E-state index is -0.377. The van der Waals surface area contributed by atoms with Crippen molar-refractivity contribution in [3.8, 4) is 11.5 Å². The fraction of sp³-hybridized carbons (Fsp3) is 0.429. The van der Waals surface area contributed by atoms with Crippen LogP contribution in [0.4, 0.5) is 10.1 Å². The van der Waals surface area contributed by atoms with Crippen molar-refractivity contribution >= 4 is 29.2 Å². The fourth-order valence-electron chi connectivity index (χ4n) is 2.12. The molecule has 4 nitrogen and oxygen atoms in total. The molecule has 1 aliphatic heterocycles. The Balaban J connectivity index is 1.83. The average molecular weight is 325 g/mol. The zero-order valence-corrected chi connectivity index (χ0v) is 13.4. The van der Waals surface area contributed by atoms with Crippen LogP contribution in [-0.4, -0.2) is 26.4 Å². The minimum absolute atomic E-state index is 0.223. The molecule has 2 aromatic rings. The number of nitrogens with zero attached hydrogens (tertiary/aromatic N) is 2. The van der Waals surface area contributed by atoms with Gasteiger partial charge in [-0.1, -0.05) is 19.0 Å². The number of halogens is 1. The Morgan fingerprint density at radius 3 is 2.86 bits per heavy atom. The smallest absolute Gasteiger partial charge is 0.260 e. The average Bonchev–Trinajstić information content (AvgIpc) is 2.91. The van der Waals surface area contributed by atoms with E-state index in [0.717, 1.165) is 5.75 Å². The third kappa shape index (κ3) is 3.03. The van der Waals surface area contributed by atoms with Gasteiger partial charge in [0.2, 0.25) is 0 Å². The Bertz CT molecular complexity index is 649. The van der Waals surface area contributed by atoms with E-state index in [2.05, 4.69) is 24.0 Å². The van der Waals surface area contributed by atoms with Gasteiger partial charge in [0.25, 0.3) is 5.89 Å². The van der Waals surface area contributed by atoms with Crippen LogP contribution in [0.15, 0.2) is 22.7 Å². The van der Waals surface area contributed by atoms with E-state index in [1.54, 1.807) is 6.07 Å². The molecule has 21 heavy (non-hydrogen) atoms. The van der Waals surface area contributed by atoms with E-state index >= 15 is 0 Å². The van der Waals surface area contributed by atoms with Gasteiger partial charge in [0.1, 0.15) is 5.82 Å². The second-order valence-corrected chi connectivity index (χ2v) is 8.05. The van der Waals surface area contributed by atoms with Gasteiger partial charge in [-0.05, 0) is 18.2 Å². The van der Waals surface area contributed by atoms with Crippen molar-refractivity contribution in [2.75, 3.05) is 11.5 Å². The number of thioether (sulfide) groups is 2. The van der Waals surface area contributed by atoms with Crippen molar-refractivity contribution in [1.29, 1.82) is 0 Å². The second kappa shape index (κ2) is 5.88. The van der Waals surface area contributed by atoms with Crippen LogP contribution < -0.4 is 5.73 Å². The van der Waals surface area contributed by atoms with Crippen molar-refractivity contribution in [3.05, 3.63) is 29.8 Å². The lowest BCUT2D eigenvalue weighted by Gasteiger charge is -2.29. The molecular weight excluding hydrogens is 309 g/mol. The molecule has 3 atom stereocenters. The normalized spacial score (nSPS) is 26.0. The van der Waals surface area contributed by atoms with E-state index in [0.29, 0.717) is 33.5 Å². The first-order valence-electron chi connectivity index (χ1n) is 6.70. The highest BCUT2D eigenvalue weighted by Gasteiger charge is 2.30. The molecule has 1 aromatic heterocycles. The van der Waals surface area contributed by atoms with Crippen molar-refractivity contribution in [2.24, 2.45) is 0 Å². The van der Waals surface area contributed by atoms with Gasteiger partial charge < -0.3 is 10.3 Å². The Morgan fingerprint density at radius 2 is 2.14 bits per heavy atom. The number of rotatable bonds is 2. The van der Waals surface area contributed by atoms with E-state index in [9.17, 15) is 4.39 Å². The molecule has 1 saturated heterocycles. The lowest BCUT2D eigenvalue weighted by molar-refractivity contribution is 0.423. The summed E-state index contributed by atoms with van der Waals surface area (Å²) in [6, 6.07) is 4.16. The van der Waals surface area contributed by atoms with Crippen LogP contribution in [0.25, 0.3) is 11.5 Å². The van der Waals surface area contributed by atoms with E-state index in [4.69, 9.17) is 10.3 Å². The number of nitrogens with two attached hydrogens (primary N) is 1. The fourth-order valence-corrected chi connectivity index (χ4v) is 4.96. The maximum absolute atomic E-state index is 13.1. The molecule has 3 rings (SSSR count). The van der Waals surface area contributed by atoms with Crippen LogP contribution in [-0.2, 0) is 0 Å². The quantitative estimate of drug-likeness (QED) is 0.848. The van der Waals surface area contributed by atoms with Gasteiger partial charge in [0, 0.05) is 21.9 Å². The molecule has 1 fully saturated rings. The van der Waals surface area contributed by atoms with Crippen LogP contribution in [0.2, 0.25) is 0 Å². The van der Waals surface area contributed by atoms with Gasteiger partial charge in [-0.3, -0.25) is 0 Å². The predicted molar refractivity (Wildman–Crippen MR) is 85.8 cm³/mol. The Hall–Kier alpha value is -1.21. The summed E-state index contributed by atoms with van der Waals surface area (Å²) in [7, 11) is 0. The van der Waals surface area contributed by atoms with E-state index in [1.165, 1.54) is 12.1 Å². The molecule has 7 heteroatoms. The Labute approximate surface area is 131 Å². The number of anilines is 1. The maximum Gasteiger partial charge on any atom is 0.260 e. The van der Waals surface area contributed by atoms with Crippen molar-refractivity contribution in [2.45, 2.75) is 29.6 Å². The Morgan fingerprint density at radius 1 is 1.33 bits per heavy atom. The number of aromatic nitrogens is 2. The second-order valence-electron chi connectivity index (χ2n) is 5.06. The third-order valence-corrected chi connectivity index (χ3v) is 6.91. The monoisotopic (exact) mass is 325 g/mol. The molecule has 0 aliphatic carbocycles. The van der Waals surface area contributed by atoms with Gasteiger partial charge in [-0.2, -0.15) is 16.7 Å². The zero-order chi connectivity index (χ0) is 15.0. The molecule has 0 radical (unpaired) electrons. The topological polar surface area (TPSA) is 64.9 Å². The highest BCUT2D eigenvalue weighted by atomic mass is 32.2. The van der Waals surface area contributed by atoms with E-state index in [-0.39, 0.29) is 11.1 Å². The number of nitrogen functional groups attached to an aromatic ring is 1. The minimum Gasteiger partial charge on any atom is -0.398 e. The summed E-state index contributed by atoms with van der Waals surface area (Å²) < 4.78 is 18.4. The molecule has 1 aromatic carbocycles. The molecule has 0 spiro atoms. The van der Waals surface area contributed by atoms with Crippen LogP contribution in [0, 0.1) is 5.82 Å². The van der Waals surface area contributed by atoms with E-state index in [1.807, 2.05) is 23.5 Å². The van der Waals surface area contributed by atoms with Crippen LogP contribution in [0.1, 0.15) is 24.9 Å². The SMILES string of the molecule is CC1SCC(c2noc(-c3ccc(F)cc3N)n2)SC1C. The van der Waals surface area contributed by atoms with Gasteiger partial charge in [0.05, 0.1) is 10.8 Å². The molecule has 3 unspecified atom stereocenters. The van der Waals surface area contributed by atoms with Crippen LogP contribution in [0.3, 0.4) is 0 Å². The van der Waals surface area contributed by atoms with E-state index < -0.39 is 0 Å². The predicted octanol–water partition coefficient (Wildman–Crippen LogP) is 3.76. The molecule has 0 bridgehead atoms. The standard InChI is InChI=1S/C14H16FN3OS2/c1-7-8(2)21-12(6-20-7)13-17-14(19-18-13)10-4-3-9(15)5-11(10)16/h3-5,7-8,12H,6,16H2,1-2H3. The summed E-state index contributed by atoms with van der Waals surface area (Å²) in [6.45, 7) is 4.45. The van der Waals surface area contributed by atoms with Crippen molar-refractivity contribution in [1.82, 2.24) is 10.1 Å². The first-order valence-corrected chi connectivity index (χ1v) is 8.70. The summed E-state index contributed by atoms with van der Waals surface area (Å²) in [4.78, 5) is 4.44. The summed E-state index contributed by atoms with van der Waals surface area (Å²) in [5.41, 5.74) is 6.68. The summed E-state index contributed by atoms with van der Waals surface area (Å²) in [5.74, 6) is 1.62. The molecule has 2 heterocycles. The molecule has 112 valence electrons. The lowest BCUT2D eigenvalue weighted by atomic mass is 10.2. The molecule has 2 N–H and O–H groups in total. The van der Waals surface area contributed by atoms with Crippen molar-refractivity contribution < 1.29 is 8.91 Å². The van der Waals surface area contributed by atoms with Gasteiger partial charge in [-0.15, -0.1) is 11.8 Å².